The molecular weight excluding hydrogens is 254 g/mol. The first-order valence-electron chi connectivity index (χ1n) is 6.98. The molecule has 0 spiro atoms. The second-order valence-corrected chi connectivity index (χ2v) is 6.07. The van der Waals surface area contributed by atoms with Gasteiger partial charge in [-0.1, -0.05) is 6.92 Å². The van der Waals surface area contributed by atoms with Gasteiger partial charge in [-0.05, 0) is 44.2 Å². The summed E-state index contributed by atoms with van der Waals surface area (Å²) in [5, 5.41) is 3.24. The smallest absolute Gasteiger partial charge is 0.171 e. The van der Waals surface area contributed by atoms with E-state index in [1.165, 1.54) is 33.9 Å². The van der Waals surface area contributed by atoms with Gasteiger partial charge in [0.1, 0.15) is 5.82 Å². The molecule has 2 aromatic rings. The Morgan fingerprint density at radius 2 is 2.05 bits per heavy atom. The molecule has 3 rings (SSSR count). The summed E-state index contributed by atoms with van der Waals surface area (Å²) in [6, 6.07) is 4.33. The summed E-state index contributed by atoms with van der Waals surface area (Å²) >= 11 is 1.80. The number of rotatable bonds is 3. The van der Waals surface area contributed by atoms with Crippen molar-refractivity contribution in [3.05, 3.63) is 28.3 Å². The number of aryl methyl sites for hydroxylation is 2. The van der Waals surface area contributed by atoms with Crippen molar-refractivity contribution in [2.45, 2.75) is 39.0 Å². The van der Waals surface area contributed by atoms with Crippen LogP contribution < -0.4 is 5.32 Å². The van der Waals surface area contributed by atoms with Crippen molar-refractivity contribution in [2.24, 2.45) is 0 Å². The molecule has 0 unspecified atom stereocenters. The maximum Gasteiger partial charge on any atom is 0.171 e. The summed E-state index contributed by atoms with van der Waals surface area (Å²) < 4.78 is 0. The van der Waals surface area contributed by atoms with Crippen LogP contribution in [0.15, 0.2) is 12.1 Å². The van der Waals surface area contributed by atoms with Gasteiger partial charge in [0.15, 0.2) is 5.82 Å². The van der Waals surface area contributed by atoms with E-state index in [0.717, 1.165) is 30.9 Å². The normalized spacial score (nSPS) is 14.2. The van der Waals surface area contributed by atoms with E-state index in [0.29, 0.717) is 0 Å². The zero-order chi connectivity index (χ0) is 13.2. The molecule has 0 fully saturated rings. The molecule has 2 heterocycles. The molecule has 1 aliphatic rings. The zero-order valence-electron chi connectivity index (χ0n) is 11.5. The number of fused-ring (bicyclic) bond motifs is 1. The van der Waals surface area contributed by atoms with E-state index >= 15 is 0 Å². The number of anilines is 1. The molecule has 2 aromatic heterocycles. The number of hydrogen-bond donors (Lipinski definition) is 1. The first-order chi connectivity index (χ1) is 9.31. The Balaban J connectivity index is 2.06. The molecule has 0 saturated carbocycles. The van der Waals surface area contributed by atoms with Gasteiger partial charge < -0.3 is 5.32 Å². The maximum absolute atomic E-state index is 4.80. The van der Waals surface area contributed by atoms with Crippen molar-refractivity contribution in [3.8, 4) is 10.7 Å². The molecule has 0 aliphatic heterocycles. The molecule has 0 amide bonds. The van der Waals surface area contributed by atoms with Crippen LogP contribution in [0.3, 0.4) is 0 Å². The van der Waals surface area contributed by atoms with Crippen LogP contribution in [-0.4, -0.2) is 17.0 Å². The second kappa shape index (κ2) is 5.29. The highest BCUT2D eigenvalue weighted by molar-refractivity contribution is 7.15. The van der Waals surface area contributed by atoms with Crippen LogP contribution in [0.25, 0.3) is 10.7 Å². The summed E-state index contributed by atoms with van der Waals surface area (Å²) in [4.78, 5) is 12.1. The summed E-state index contributed by atoms with van der Waals surface area (Å²) in [6.07, 6.45) is 5.77. The van der Waals surface area contributed by atoms with Crippen molar-refractivity contribution >= 4 is 17.2 Å². The van der Waals surface area contributed by atoms with Gasteiger partial charge in [0.25, 0.3) is 0 Å². The summed E-state index contributed by atoms with van der Waals surface area (Å²) in [5.74, 6) is 1.90. The zero-order valence-corrected chi connectivity index (χ0v) is 12.3. The van der Waals surface area contributed by atoms with E-state index in [-0.39, 0.29) is 0 Å². The largest absolute Gasteiger partial charge is 0.373 e. The summed E-state index contributed by atoms with van der Waals surface area (Å²) in [6.45, 7) is 2.18. The van der Waals surface area contributed by atoms with E-state index in [2.05, 4.69) is 24.4 Å². The van der Waals surface area contributed by atoms with E-state index in [4.69, 9.17) is 9.97 Å². The fourth-order valence-corrected chi connectivity index (χ4v) is 3.48. The van der Waals surface area contributed by atoms with E-state index in [1.807, 2.05) is 7.05 Å². The number of nitrogens with one attached hydrogen (secondary N) is 1. The standard InChI is InChI=1S/C15H19N3S/c1-3-10-8-9-13(19-10)15-17-12-7-5-4-6-11(12)14(16-2)18-15/h8-9H,3-7H2,1-2H3,(H,16,17,18). The van der Waals surface area contributed by atoms with E-state index in [9.17, 15) is 0 Å². The van der Waals surface area contributed by atoms with Crippen molar-refractivity contribution in [2.75, 3.05) is 12.4 Å². The quantitative estimate of drug-likeness (QED) is 0.927. The van der Waals surface area contributed by atoms with Gasteiger partial charge in [0.05, 0.1) is 4.88 Å². The van der Waals surface area contributed by atoms with Gasteiger partial charge >= 0.3 is 0 Å². The number of aromatic nitrogens is 2. The topological polar surface area (TPSA) is 37.8 Å². The second-order valence-electron chi connectivity index (χ2n) is 4.90. The van der Waals surface area contributed by atoms with E-state index in [1.54, 1.807) is 11.3 Å². The molecule has 0 atom stereocenters. The van der Waals surface area contributed by atoms with E-state index < -0.39 is 0 Å². The number of hydrogen-bond acceptors (Lipinski definition) is 4. The Kier molecular flexibility index (Phi) is 3.51. The maximum atomic E-state index is 4.80. The lowest BCUT2D eigenvalue weighted by Crippen LogP contribution is -2.11. The third kappa shape index (κ3) is 2.37. The molecule has 1 aliphatic carbocycles. The fourth-order valence-electron chi connectivity index (χ4n) is 2.60. The third-order valence-corrected chi connectivity index (χ3v) is 4.88. The average Bonchev–Trinajstić information content (AvgIpc) is 2.95. The van der Waals surface area contributed by atoms with Crippen LogP contribution in [0.5, 0.6) is 0 Å². The average molecular weight is 273 g/mol. The minimum absolute atomic E-state index is 0.884. The van der Waals surface area contributed by atoms with Crippen molar-refractivity contribution in [3.63, 3.8) is 0 Å². The van der Waals surface area contributed by atoms with Gasteiger partial charge in [0.2, 0.25) is 0 Å². The van der Waals surface area contributed by atoms with Gasteiger partial charge in [-0.3, -0.25) is 0 Å². The Morgan fingerprint density at radius 1 is 1.21 bits per heavy atom. The Bertz CT molecular complexity index is 572. The van der Waals surface area contributed by atoms with Gasteiger partial charge in [-0.15, -0.1) is 11.3 Å². The van der Waals surface area contributed by atoms with Crippen LogP contribution in [0, 0.1) is 0 Å². The predicted molar refractivity (Wildman–Crippen MR) is 80.9 cm³/mol. The van der Waals surface area contributed by atoms with Crippen molar-refractivity contribution in [1.29, 1.82) is 0 Å². The van der Waals surface area contributed by atoms with Crippen LogP contribution >= 0.6 is 11.3 Å². The third-order valence-electron chi connectivity index (χ3n) is 3.65. The van der Waals surface area contributed by atoms with Crippen LogP contribution in [0.4, 0.5) is 5.82 Å². The van der Waals surface area contributed by atoms with Crippen molar-refractivity contribution < 1.29 is 0 Å². The Labute approximate surface area is 118 Å². The Hall–Kier alpha value is -1.42. The number of thiophene rings is 1. The highest BCUT2D eigenvalue weighted by atomic mass is 32.1. The fraction of sp³-hybridized carbons (Fsp3) is 0.467. The van der Waals surface area contributed by atoms with Crippen LogP contribution in [0.1, 0.15) is 35.9 Å². The summed E-state index contributed by atoms with van der Waals surface area (Å²) in [7, 11) is 1.95. The molecule has 100 valence electrons. The highest BCUT2D eigenvalue weighted by Gasteiger charge is 2.18. The summed E-state index contributed by atoms with van der Waals surface area (Å²) in [5.41, 5.74) is 2.57. The minimum atomic E-state index is 0.884. The lowest BCUT2D eigenvalue weighted by Gasteiger charge is -2.18. The van der Waals surface area contributed by atoms with Crippen LogP contribution in [-0.2, 0) is 19.3 Å². The SMILES string of the molecule is CCc1ccc(-c2nc3c(c(NC)n2)CCCC3)s1. The van der Waals surface area contributed by atoms with Gasteiger partial charge in [0, 0.05) is 23.2 Å². The molecule has 4 heteroatoms. The Morgan fingerprint density at radius 3 is 2.79 bits per heavy atom. The first-order valence-corrected chi connectivity index (χ1v) is 7.80. The first kappa shape index (κ1) is 12.6. The molecule has 1 N–H and O–H groups in total. The molecule has 0 bridgehead atoms. The lowest BCUT2D eigenvalue weighted by molar-refractivity contribution is 0.665. The molecule has 3 nitrogen and oxygen atoms in total. The molecule has 0 radical (unpaired) electrons. The minimum Gasteiger partial charge on any atom is -0.373 e. The van der Waals surface area contributed by atoms with Gasteiger partial charge in [-0.25, -0.2) is 9.97 Å². The van der Waals surface area contributed by atoms with Crippen LogP contribution in [0.2, 0.25) is 0 Å². The lowest BCUT2D eigenvalue weighted by atomic mass is 9.96. The highest BCUT2D eigenvalue weighted by Crippen LogP contribution is 2.31. The monoisotopic (exact) mass is 273 g/mol. The predicted octanol–water partition coefficient (Wildman–Crippen LogP) is 3.69. The molecular formula is C15H19N3S. The van der Waals surface area contributed by atoms with Crippen molar-refractivity contribution in [1.82, 2.24) is 9.97 Å². The molecule has 0 aromatic carbocycles. The molecule has 19 heavy (non-hydrogen) atoms. The molecule has 0 saturated heterocycles. The van der Waals surface area contributed by atoms with Gasteiger partial charge in [-0.2, -0.15) is 0 Å². The number of nitrogens with zero attached hydrogens (tertiary/aromatic N) is 2.